The van der Waals surface area contributed by atoms with Gasteiger partial charge in [0.2, 0.25) is 0 Å². The van der Waals surface area contributed by atoms with Crippen molar-refractivity contribution in [2.75, 3.05) is 19.8 Å². The smallest absolute Gasteiger partial charge is 0.0534 e. The average molecular weight is 237 g/mol. The van der Waals surface area contributed by atoms with Crippen molar-refractivity contribution in [3.8, 4) is 0 Å². The first kappa shape index (κ1) is 12.6. The van der Waals surface area contributed by atoms with Crippen LogP contribution < -0.4 is 5.32 Å². The highest BCUT2D eigenvalue weighted by molar-refractivity contribution is 5.03. The van der Waals surface area contributed by atoms with Crippen molar-refractivity contribution in [1.29, 1.82) is 0 Å². The van der Waals surface area contributed by atoms with E-state index in [0.717, 1.165) is 32.2 Å². The maximum absolute atomic E-state index is 5.36. The van der Waals surface area contributed by atoms with Crippen LogP contribution in [0.3, 0.4) is 0 Å². The predicted molar refractivity (Wildman–Crippen MR) is 67.9 cm³/mol. The molecular formula is C13H23N3O. The van der Waals surface area contributed by atoms with E-state index in [4.69, 9.17) is 4.74 Å². The van der Waals surface area contributed by atoms with Crippen LogP contribution in [0.15, 0.2) is 12.4 Å². The van der Waals surface area contributed by atoms with Crippen molar-refractivity contribution in [2.45, 2.75) is 39.3 Å². The molecule has 0 aliphatic carbocycles. The SMILES string of the molecule is CC(C)n1cc(CNCCC2CCOC2)cn1. The standard InChI is InChI=1S/C13H23N3O/c1-11(2)16-9-13(8-15-16)7-14-5-3-12-4-6-17-10-12/h8-9,11-12,14H,3-7,10H2,1-2H3. The van der Waals surface area contributed by atoms with Crippen molar-refractivity contribution >= 4 is 0 Å². The van der Waals surface area contributed by atoms with E-state index >= 15 is 0 Å². The van der Waals surface area contributed by atoms with Crippen LogP contribution in [-0.4, -0.2) is 29.5 Å². The van der Waals surface area contributed by atoms with Crippen LogP contribution in [0.1, 0.15) is 38.3 Å². The van der Waals surface area contributed by atoms with E-state index in [1.165, 1.54) is 18.4 Å². The summed E-state index contributed by atoms with van der Waals surface area (Å²) in [6.07, 6.45) is 6.52. The van der Waals surface area contributed by atoms with Gasteiger partial charge in [-0.05, 0) is 39.2 Å². The highest BCUT2D eigenvalue weighted by Crippen LogP contribution is 2.15. The summed E-state index contributed by atoms with van der Waals surface area (Å²) in [5.74, 6) is 0.765. The lowest BCUT2D eigenvalue weighted by atomic mass is 10.1. The van der Waals surface area contributed by atoms with Crippen molar-refractivity contribution in [3.63, 3.8) is 0 Å². The summed E-state index contributed by atoms with van der Waals surface area (Å²) >= 11 is 0. The summed E-state index contributed by atoms with van der Waals surface area (Å²) in [5.41, 5.74) is 1.27. The van der Waals surface area contributed by atoms with Crippen molar-refractivity contribution < 1.29 is 4.74 Å². The minimum atomic E-state index is 0.444. The number of hydrogen-bond donors (Lipinski definition) is 1. The molecule has 0 amide bonds. The zero-order valence-corrected chi connectivity index (χ0v) is 10.9. The fraction of sp³-hybridized carbons (Fsp3) is 0.769. The number of nitrogens with one attached hydrogen (secondary N) is 1. The van der Waals surface area contributed by atoms with Crippen LogP contribution in [0.5, 0.6) is 0 Å². The van der Waals surface area contributed by atoms with E-state index in [1.807, 2.05) is 10.9 Å². The zero-order chi connectivity index (χ0) is 12.1. The molecule has 4 heteroatoms. The Hall–Kier alpha value is -0.870. The minimum Gasteiger partial charge on any atom is -0.381 e. The summed E-state index contributed by atoms with van der Waals surface area (Å²) in [4.78, 5) is 0. The van der Waals surface area contributed by atoms with Gasteiger partial charge in [0.25, 0.3) is 0 Å². The fourth-order valence-corrected chi connectivity index (χ4v) is 2.10. The molecule has 0 radical (unpaired) electrons. The van der Waals surface area contributed by atoms with E-state index in [-0.39, 0.29) is 0 Å². The Labute approximate surface area is 103 Å². The van der Waals surface area contributed by atoms with Crippen LogP contribution in [-0.2, 0) is 11.3 Å². The minimum absolute atomic E-state index is 0.444. The van der Waals surface area contributed by atoms with Crippen LogP contribution in [0, 0.1) is 5.92 Å². The van der Waals surface area contributed by atoms with Gasteiger partial charge in [-0.1, -0.05) is 0 Å². The maximum atomic E-state index is 5.36. The van der Waals surface area contributed by atoms with Crippen LogP contribution in [0.25, 0.3) is 0 Å². The van der Waals surface area contributed by atoms with Gasteiger partial charge in [-0.25, -0.2) is 0 Å². The summed E-state index contributed by atoms with van der Waals surface area (Å²) in [6.45, 7) is 8.18. The number of rotatable bonds is 6. The third-order valence-corrected chi connectivity index (χ3v) is 3.27. The quantitative estimate of drug-likeness (QED) is 0.769. The molecule has 96 valence electrons. The summed E-state index contributed by atoms with van der Waals surface area (Å²) in [6, 6.07) is 0.444. The Bertz CT molecular complexity index is 329. The Balaban J connectivity index is 1.63. The van der Waals surface area contributed by atoms with Gasteiger partial charge in [-0.3, -0.25) is 4.68 Å². The molecule has 17 heavy (non-hydrogen) atoms. The van der Waals surface area contributed by atoms with E-state index in [2.05, 4.69) is 30.5 Å². The third-order valence-electron chi connectivity index (χ3n) is 3.27. The van der Waals surface area contributed by atoms with Gasteiger partial charge in [-0.2, -0.15) is 5.10 Å². The highest BCUT2D eigenvalue weighted by atomic mass is 16.5. The molecule has 0 saturated carbocycles. The largest absolute Gasteiger partial charge is 0.381 e. The molecule has 4 nitrogen and oxygen atoms in total. The molecule has 1 saturated heterocycles. The topological polar surface area (TPSA) is 39.1 Å². The second-order valence-corrected chi connectivity index (χ2v) is 5.12. The van der Waals surface area contributed by atoms with Gasteiger partial charge < -0.3 is 10.1 Å². The lowest BCUT2D eigenvalue weighted by Gasteiger charge is -2.07. The first-order chi connectivity index (χ1) is 8.25. The number of ether oxygens (including phenoxy) is 1. The molecule has 1 aliphatic rings. The highest BCUT2D eigenvalue weighted by Gasteiger charge is 2.14. The van der Waals surface area contributed by atoms with E-state index in [9.17, 15) is 0 Å². The van der Waals surface area contributed by atoms with Gasteiger partial charge in [-0.15, -0.1) is 0 Å². The Morgan fingerprint density at radius 1 is 1.59 bits per heavy atom. The van der Waals surface area contributed by atoms with Crippen LogP contribution in [0.4, 0.5) is 0 Å². The molecule has 2 rings (SSSR count). The third kappa shape index (κ3) is 3.82. The average Bonchev–Trinajstić information content (AvgIpc) is 2.96. The maximum Gasteiger partial charge on any atom is 0.0534 e. The van der Waals surface area contributed by atoms with Gasteiger partial charge in [0, 0.05) is 37.6 Å². The molecule has 1 aromatic rings. The second-order valence-electron chi connectivity index (χ2n) is 5.12. The molecule has 0 bridgehead atoms. The van der Waals surface area contributed by atoms with Crippen LogP contribution in [0.2, 0.25) is 0 Å². The van der Waals surface area contributed by atoms with Gasteiger partial charge >= 0.3 is 0 Å². The lowest BCUT2D eigenvalue weighted by Crippen LogP contribution is -2.17. The first-order valence-electron chi connectivity index (χ1n) is 6.57. The predicted octanol–water partition coefficient (Wildman–Crippen LogP) is 1.98. The Kier molecular flexibility index (Phi) is 4.57. The van der Waals surface area contributed by atoms with Crippen molar-refractivity contribution in [2.24, 2.45) is 5.92 Å². The molecule has 1 aromatic heterocycles. The normalized spacial score (nSPS) is 20.3. The molecule has 1 atom stereocenters. The monoisotopic (exact) mass is 237 g/mol. The van der Waals surface area contributed by atoms with Gasteiger partial charge in [0.05, 0.1) is 6.20 Å². The van der Waals surface area contributed by atoms with Crippen molar-refractivity contribution in [3.05, 3.63) is 18.0 Å². The van der Waals surface area contributed by atoms with Crippen LogP contribution >= 0.6 is 0 Å². The second kappa shape index (κ2) is 6.17. The molecule has 1 fully saturated rings. The zero-order valence-electron chi connectivity index (χ0n) is 10.9. The Morgan fingerprint density at radius 2 is 2.47 bits per heavy atom. The molecule has 0 spiro atoms. The summed E-state index contributed by atoms with van der Waals surface area (Å²) < 4.78 is 7.36. The Morgan fingerprint density at radius 3 is 3.12 bits per heavy atom. The molecular weight excluding hydrogens is 214 g/mol. The molecule has 1 aliphatic heterocycles. The fourth-order valence-electron chi connectivity index (χ4n) is 2.10. The summed E-state index contributed by atoms with van der Waals surface area (Å²) in [5, 5.41) is 7.80. The van der Waals surface area contributed by atoms with Gasteiger partial charge in [0.15, 0.2) is 0 Å². The van der Waals surface area contributed by atoms with E-state index in [0.29, 0.717) is 6.04 Å². The molecule has 1 unspecified atom stereocenters. The van der Waals surface area contributed by atoms with Gasteiger partial charge in [0.1, 0.15) is 0 Å². The summed E-state index contributed by atoms with van der Waals surface area (Å²) in [7, 11) is 0. The molecule has 2 heterocycles. The molecule has 1 N–H and O–H groups in total. The van der Waals surface area contributed by atoms with E-state index < -0.39 is 0 Å². The number of hydrogen-bond acceptors (Lipinski definition) is 3. The number of nitrogens with zero attached hydrogens (tertiary/aromatic N) is 2. The molecule has 0 aromatic carbocycles. The van der Waals surface area contributed by atoms with E-state index in [1.54, 1.807) is 0 Å². The number of aromatic nitrogens is 2. The van der Waals surface area contributed by atoms with Crippen molar-refractivity contribution in [1.82, 2.24) is 15.1 Å². The first-order valence-corrected chi connectivity index (χ1v) is 6.57. The lowest BCUT2D eigenvalue weighted by molar-refractivity contribution is 0.184.